The van der Waals surface area contributed by atoms with Crippen LogP contribution < -0.4 is 4.74 Å². The third-order valence-electron chi connectivity index (χ3n) is 3.88. The molecule has 114 valence electrons. The number of piperidine rings is 1. The number of likely N-dealkylation sites (tertiary alicyclic amines) is 1. The number of nitro groups is 1. The molecule has 0 radical (unpaired) electrons. The Bertz CT molecular complexity index is 544. The van der Waals surface area contributed by atoms with E-state index in [-0.39, 0.29) is 17.4 Å². The highest BCUT2D eigenvalue weighted by molar-refractivity contribution is 5.78. The number of benzene rings is 1. The summed E-state index contributed by atoms with van der Waals surface area (Å²) in [5.74, 6) is 0.787. The van der Waals surface area contributed by atoms with Crippen LogP contribution in [-0.2, 0) is 11.3 Å². The molecule has 1 aromatic rings. The van der Waals surface area contributed by atoms with E-state index in [0.717, 1.165) is 31.5 Å². The zero-order valence-corrected chi connectivity index (χ0v) is 12.4. The minimum atomic E-state index is -0.416. The lowest BCUT2D eigenvalue weighted by Gasteiger charge is -2.31. The third-order valence-corrected chi connectivity index (χ3v) is 3.88. The highest BCUT2D eigenvalue weighted by Crippen LogP contribution is 2.25. The van der Waals surface area contributed by atoms with E-state index in [9.17, 15) is 14.9 Å². The largest absolute Gasteiger partial charge is 0.496 e. The van der Waals surface area contributed by atoms with Gasteiger partial charge < -0.3 is 4.74 Å². The molecule has 1 aliphatic heterocycles. The second-order valence-electron chi connectivity index (χ2n) is 5.48. The number of Topliss-reactive ketones (excluding diaryl/α,β-unsaturated/α-hetero) is 1. The van der Waals surface area contributed by atoms with Gasteiger partial charge in [0.15, 0.2) is 0 Å². The molecular formula is C15H20N2O4. The van der Waals surface area contributed by atoms with Crippen molar-refractivity contribution >= 4 is 11.5 Å². The van der Waals surface area contributed by atoms with Crippen LogP contribution in [0.1, 0.15) is 25.3 Å². The van der Waals surface area contributed by atoms with Gasteiger partial charge >= 0.3 is 0 Å². The standard InChI is InChI=1S/C15H20N2O4/c1-11(18)13-4-3-5-16(10-13)9-12-6-14(17(19)20)8-15(7-12)21-2/h6-8,13H,3-5,9-10H2,1-2H3. The third kappa shape index (κ3) is 4.01. The molecule has 1 saturated heterocycles. The molecule has 21 heavy (non-hydrogen) atoms. The summed E-state index contributed by atoms with van der Waals surface area (Å²) >= 11 is 0. The van der Waals surface area contributed by atoms with Gasteiger partial charge in [0.1, 0.15) is 11.5 Å². The number of hydrogen-bond acceptors (Lipinski definition) is 5. The highest BCUT2D eigenvalue weighted by atomic mass is 16.6. The van der Waals surface area contributed by atoms with Crippen LogP contribution in [0.15, 0.2) is 18.2 Å². The number of nitro benzene ring substituents is 1. The molecule has 0 aliphatic carbocycles. The number of rotatable bonds is 5. The van der Waals surface area contributed by atoms with Crippen LogP contribution in [0.3, 0.4) is 0 Å². The summed E-state index contributed by atoms with van der Waals surface area (Å²) in [4.78, 5) is 24.2. The van der Waals surface area contributed by atoms with Crippen LogP contribution in [0.4, 0.5) is 5.69 Å². The molecule has 1 unspecified atom stereocenters. The maximum atomic E-state index is 11.5. The smallest absolute Gasteiger partial charge is 0.273 e. The quantitative estimate of drug-likeness (QED) is 0.615. The summed E-state index contributed by atoms with van der Waals surface area (Å²) in [5, 5.41) is 10.9. The fraction of sp³-hybridized carbons (Fsp3) is 0.533. The number of carbonyl (C=O) groups excluding carboxylic acids is 1. The minimum absolute atomic E-state index is 0.0319. The summed E-state index contributed by atoms with van der Waals surface area (Å²) < 4.78 is 5.12. The molecule has 0 saturated carbocycles. The summed E-state index contributed by atoms with van der Waals surface area (Å²) in [6.45, 7) is 3.86. The first-order valence-corrected chi connectivity index (χ1v) is 7.04. The second-order valence-corrected chi connectivity index (χ2v) is 5.48. The average molecular weight is 292 g/mol. The van der Waals surface area contributed by atoms with Crippen molar-refractivity contribution < 1.29 is 14.5 Å². The first kappa shape index (κ1) is 15.4. The van der Waals surface area contributed by atoms with Gasteiger partial charge in [-0.3, -0.25) is 19.8 Å². The van der Waals surface area contributed by atoms with Crippen molar-refractivity contribution in [2.45, 2.75) is 26.3 Å². The minimum Gasteiger partial charge on any atom is -0.496 e. The Labute approximate surface area is 123 Å². The van der Waals surface area contributed by atoms with Crippen molar-refractivity contribution in [1.29, 1.82) is 0 Å². The summed E-state index contributed by atoms with van der Waals surface area (Å²) in [6.07, 6.45) is 1.92. The van der Waals surface area contributed by atoms with E-state index in [1.165, 1.54) is 13.2 Å². The van der Waals surface area contributed by atoms with Gasteiger partial charge in [0.05, 0.1) is 18.1 Å². The number of ketones is 1. The van der Waals surface area contributed by atoms with E-state index in [2.05, 4.69) is 4.90 Å². The average Bonchev–Trinajstić information content (AvgIpc) is 2.47. The van der Waals surface area contributed by atoms with Gasteiger partial charge in [0.2, 0.25) is 0 Å². The van der Waals surface area contributed by atoms with E-state index < -0.39 is 4.92 Å². The van der Waals surface area contributed by atoms with Gasteiger partial charge in [-0.15, -0.1) is 0 Å². The van der Waals surface area contributed by atoms with Crippen LogP contribution in [0.25, 0.3) is 0 Å². The van der Waals surface area contributed by atoms with Gasteiger partial charge in [0.25, 0.3) is 5.69 Å². The lowest BCUT2D eigenvalue weighted by Crippen LogP contribution is -2.37. The number of carbonyl (C=O) groups is 1. The molecule has 6 heteroatoms. The highest BCUT2D eigenvalue weighted by Gasteiger charge is 2.23. The van der Waals surface area contributed by atoms with E-state index in [4.69, 9.17) is 4.74 Å². The molecule has 1 aliphatic rings. The van der Waals surface area contributed by atoms with Crippen LogP contribution in [0.5, 0.6) is 5.75 Å². The Morgan fingerprint density at radius 3 is 2.86 bits per heavy atom. The Morgan fingerprint density at radius 1 is 1.48 bits per heavy atom. The molecule has 0 N–H and O–H groups in total. The fourth-order valence-electron chi connectivity index (χ4n) is 2.75. The van der Waals surface area contributed by atoms with Gasteiger partial charge in [0, 0.05) is 25.1 Å². The zero-order valence-electron chi connectivity index (χ0n) is 12.4. The maximum absolute atomic E-state index is 11.5. The van der Waals surface area contributed by atoms with Gasteiger partial charge in [-0.05, 0) is 37.9 Å². The number of nitrogens with zero attached hydrogens (tertiary/aromatic N) is 2. The zero-order chi connectivity index (χ0) is 15.4. The van der Waals surface area contributed by atoms with Crippen molar-refractivity contribution in [2.75, 3.05) is 20.2 Å². The summed E-state index contributed by atoms with van der Waals surface area (Å²) in [7, 11) is 1.50. The Balaban J connectivity index is 2.13. The molecule has 1 atom stereocenters. The van der Waals surface area contributed by atoms with Gasteiger partial charge in [-0.1, -0.05) is 0 Å². The van der Waals surface area contributed by atoms with Crippen LogP contribution in [-0.4, -0.2) is 35.8 Å². The predicted octanol–water partition coefficient (Wildman–Crippen LogP) is 2.40. The number of non-ortho nitro benzene ring substituents is 1. The molecule has 0 spiro atoms. The Hall–Kier alpha value is -1.95. The van der Waals surface area contributed by atoms with Gasteiger partial charge in [-0.2, -0.15) is 0 Å². The van der Waals surface area contributed by atoms with Crippen LogP contribution >= 0.6 is 0 Å². The predicted molar refractivity (Wildman–Crippen MR) is 78.3 cm³/mol. The molecule has 0 bridgehead atoms. The molecule has 1 heterocycles. The van der Waals surface area contributed by atoms with Crippen molar-refractivity contribution in [2.24, 2.45) is 5.92 Å². The molecule has 1 fully saturated rings. The molecule has 6 nitrogen and oxygen atoms in total. The Kier molecular flexibility index (Phi) is 4.90. The topological polar surface area (TPSA) is 72.7 Å². The first-order chi connectivity index (χ1) is 9.99. The van der Waals surface area contributed by atoms with Crippen LogP contribution in [0.2, 0.25) is 0 Å². The SMILES string of the molecule is COc1cc(CN2CCCC(C(C)=O)C2)cc([N+](=O)[O-])c1. The molecule has 0 amide bonds. The number of ether oxygens (including phenoxy) is 1. The summed E-state index contributed by atoms with van der Waals surface area (Å²) in [5.41, 5.74) is 0.870. The fourth-order valence-corrected chi connectivity index (χ4v) is 2.75. The van der Waals surface area contributed by atoms with E-state index in [1.807, 2.05) is 6.07 Å². The number of methoxy groups -OCH3 is 1. The van der Waals surface area contributed by atoms with Crippen molar-refractivity contribution in [1.82, 2.24) is 4.90 Å². The molecular weight excluding hydrogens is 272 g/mol. The van der Waals surface area contributed by atoms with Gasteiger partial charge in [-0.25, -0.2) is 0 Å². The maximum Gasteiger partial charge on any atom is 0.273 e. The van der Waals surface area contributed by atoms with E-state index in [0.29, 0.717) is 12.3 Å². The first-order valence-electron chi connectivity index (χ1n) is 7.04. The lowest BCUT2D eigenvalue weighted by atomic mass is 9.94. The molecule has 1 aromatic carbocycles. The monoisotopic (exact) mass is 292 g/mol. The normalized spacial score (nSPS) is 19.2. The van der Waals surface area contributed by atoms with Crippen molar-refractivity contribution in [3.8, 4) is 5.75 Å². The summed E-state index contributed by atoms with van der Waals surface area (Å²) in [6, 6.07) is 4.79. The second kappa shape index (κ2) is 6.67. The van der Waals surface area contributed by atoms with Crippen molar-refractivity contribution in [3.05, 3.63) is 33.9 Å². The molecule has 0 aromatic heterocycles. The van der Waals surface area contributed by atoms with E-state index in [1.54, 1.807) is 13.0 Å². The van der Waals surface area contributed by atoms with Crippen molar-refractivity contribution in [3.63, 3.8) is 0 Å². The number of hydrogen-bond donors (Lipinski definition) is 0. The lowest BCUT2D eigenvalue weighted by molar-refractivity contribution is -0.385. The van der Waals surface area contributed by atoms with Crippen LogP contribution in [0, 0.1) is 16.0 Å². The Morgan fingerprint density at radius 2 is 2.24 bits per heavy atom. The molecule has 2 rings (SSSR count). The van der Waals surface area contributed by atoms with E-state index >= 15 is 0 Å².